The summed E-state index contributed by atoms with van der Waals surface area (Å²) in [6.45, 7) is 13.6. The lowest BCUT2D eigenvalue weighted by molar-refractivity contribution is 1.13. The van der Waals surface area contributed by atoms with Crippen molar-refractivity contribution in [2.75, 3.05) is 19.0 Å². The Morgan fingerprint density at radius 3 is 2.05 bits per heavy atom. The smallest absolute Gasteiger partial charge is 0.124 e. The van der Waals surface area contributed by atoms with Crippen molar-refractivity contribution in [1.29, 1.82) is 0 Å². The van der Waals surface area contributed by atoms with Gasteiger partial charge in [-0.05, 0) is 36.4 Å². The number of anilines is 1. The molecule has 0 bridgehead atoms. The van der Waals surface area contributed by atoms with E-state index in [0.717, 1.165) is 21.1 Å². The second-order valence-electron chi connectivity index (χ2n) is 4.12. The number of hydrogen-bond acceptors (Lipinski definition) is 3. The highest BCUT2D eigenvalue weighted by Crippen LogP contribution is 2.30. The highest BCUT2D eigenvalue weighted by atomic mass is 32.1. The van der Waals surface area contributed by atoms with Gasteiger partial charge in [0.1, 0.15) is 5.01 Å². The number of thiazole rings is 1. The topological polar surface area (TPSA) is 16.1 Å². The minimum absolute atomic E-state index is 0.904. The minimum Gasteiger partial charge on any atom is -0.378 e. The summed E-state index contributed by atoms with van der Waals surface area (Å²) in [5.74, 6) is 0. The maximum absolute atomic E-state index is 4.56. The molecule has 2 aromatic rings. The second-order valence-corrected chi connectivity index (χ2v) is 5.15. The first-order valence-corrected chi connectivity index (χ1v) is 7.01. The van der Waals surface area contributed by atoms with Crippen LogP contribution in [0.15, 0.2) is 50.6 Å². The summed E-state index contributed by atoms with van der Waals surface area (Å²) >= 11 is 1.64. The van der Waals surface area contributed by atoms with Crippen LogP contribution in [-0.2, 0) is 0 Å². The molecular formula is C17H20N2S. The Labute approximate surface area is 125 Å². The number of aromatic nitrogens is 1. The van der Waals surface area contributed by atoms with Crippen molar-refractivity contribution < 1.29 is 0 Å². The van der Waals surface area contributed by atoms with Crippen LogP contribution in [0.3, 0.4) is 0 Å². The van der Waals surface area contributed by atoms with Gasteiger partial charge in [0.15, 0.2) is 0 Å². The maximum atomic E-state index is 4.56. The van der Waals surface area contributed by atoms with Gasteiger partial charge in [-0.2, -0.15) is 0 Å². The van der Waals surface area contributed by atoms with E-state index >= 15 is 0 Å². The number of benzene rings is 1. The second kappa shape index (κ2) is 7.46. The molecule has 0 aliphatic heterocycles. The first kappa shape index (κ1) is 15.9. The third-order valence-corrected chi connectivity index (χ3v) is 3.81. The van der Waals surface area contributed by atoms with Crippen molar-refractivity contribution in [3.63, 3.8) is 0 Å². The van der Waals surface area contributed by atoms with Crippen LogP contribution in [0.4, 0.5) is 5.69 Å². The molecule has 0 unspecified atom stereocenters. The van der Waals surface area contributed by atoms with Crippen LogP contribution in [0.25, 0.3) is 22.7 Å². The first-order valence-electron chi connectivity index (χ1n) is 6.19. The lowest BCUT2D eigenvalue weighted by Crippen LogP contribution is -2.07. The van der Waals surface area contributed by atoms with Crippen molar-refractivity contribution in [2.45, 2.75) is 0 Å². The number of nitrogens with zero attached hydrogens (tertiary/aromatic N) is 2. The fourth-order valence-corrected chi connectivity index (χ4v) is 2.58. The first-order chi connectivity index (χ1) is 9.65. The van der Waals surface area contributed by atoms with E-state index in [1.165, 1.54) is 5.69 Å². The van der Waals surface area contributed by atoms with E-state index in [2.05, 4.69) is 60.5 Å². The van der Waals surface area contributed by atoms with Crippen LogP contribution in [0.2, 0.25) is 0 Å². The molecule has 0 saturated heterocycles. The minimum atomic E-state index is 0.904. The summed E-state index contributed by atoms with van der Waals surface area (Å²) in [5.41, 5.74) is 3.21. The highest BCUT2D eigenvalue weighted by Gasteiger charge is 2.08. The molecule has 1 aromatic carbocycles. The molecule has 0 radical (unpaired) electrons. The normalized spacial score (nSPS) is 9.30. The Hall–Kier alpha value is -2.13. The fourth-order valence-electron chi connectivity index (χ4n) is 1.66. The van der Waals surface area contributed by atoms with E-state index in [0.29, 0.717) is 0 Å². The van der Waals surface area contributed by atoms with E-state index in [4.69, 9.17) is 0 Å². The van der Waals surface area contributed by atoms with Crippen LogP contribution >= 0.6 is 11.3 Å². The molecule has 20 heavy (non-hydrogen) atoms. The SMILES string of the molecule is C=C.C=Cc1nc(-c2ccc(N(C)C)cc2)sc1C=C. The molecule has 104 valence electrons. The molecule has 1 aromatic heterocycles. The van der Waals surface area contributed by atoms with Crippen molar-refractivity contribution >= 4 is 29.2 Å². The van der Waals surface area contributed by atoms with Gasteiger partial charge in [0.05, 0.1) is 10.6 Å². The molecule has 2 rings (SSSR count). The van der Waals surface area contributed by atoms with Gasteiger partial charge in [0, 0.05) is 25.3 Å². The lowest BCUT2D eigenvalue weighted by Gasteiger charge is -2.11. The quantitative estimate of drug-likeness (QED) is 0.737. The Bertz CT molecular complexity index is 554. The highest BCUT2D eigenvalue weighted by molar-refractivity contribution is 7.16. The summed E-state index contributed by atoms with van der Waals surface area (Å²) in [6.07, 6.45) is 3.59. The molecule has 0 fully saturated rings. The van der Waals surface area contributed by atoms with E-state index in [-0.39, 0.29) is 0 Å². The van der Waals surface area contributed by atoms with E-state index < -0.39 is 0 Å². The summed E-state index contributed by atoms with van der Waals surface area (Å²) in [6, 6.07) is 8.37. The number of rotatable bonds is 4. The van der Waals surface area contributed by atoms with Gasteiger partial charge in [-0.1, -0.05) is 13.2 Å². The third kappa shape index (κ3) is 3.45. The third-order valence-electron chi connectivity index (χ3n) is 2.69. The van der Waals surface area contributed by atoms with Gasteiger partial charge in [-0.15, -0.1) is 24.5 Å². The molecular weight excluding hydrogens is 264 g/mol. The standard InChI is InChI=1S/C15H16N2S.C2H4/c1-5-13-14(6-2)18-15(16-13)11-7-9-12(10-8-11)17(3)4;1-2/h5-10H,1-2H2,3-4H3;1-2H2. The van der Waals surface area contributed by atoms with Crippen LogP contribution in [0, 0.1) is 0 Å². The Kier molecular flexibility index (Phi) is 5.94. The molecule has 0 N–H and O–H groups in total. The van der Waals surface area contributed by atoms with Crippen LogP contribution in [0.1, 0.15) is 10.6 Å². The van der Waals surface area contributed by atoms with Gasteiger partial charge in [0.25, 0.3) is 0 Å². The molecule has 3 heteroatoms. The van der Waals surface area contributed by atoms with Crippen molar-refractivity contribution in [3.8, 4) is 10.6 Å². The Morgan fingerprint density at radius 2 is 1.65 bits per heavy atom. The predicted octanol–water partition coefficient (Wildman–Crippen LogP) is 4.96. The van der Waals surface area contributed by atoms with Crippen LogP contribution < -0.4 is 4.90 Å². The summed E-state index contributed by atoms with van der Waals surface area (Å²) < 4.78 is 0. The van der Waals surface area contributed by atoms with Crippen molar-refractivity contribution in [1.82, 2.24) is 4.98 Å². The largest absolute Gasteiger partial charge is 0.378 e. The molecule has 0 amide bonds. The average molecular weight is 284 g/mol. The summed E-state index contributed by atoms with van der Waals surface area (Å²) in [7, 11) is 4.06. The van der Waals surface area contributed by atoms with E-state index in [1.54, 1.807) is 17.4 Å². The molecule has 2 nitrogen and oxygen atoms in total. The zero-order chi connectivity index (χ0) is 15.1. The maximum Gasteiger partial charge on any atom is 0.124 e. The fraction of sp³-hybridized carbons (Fsp3) is 0.118. The summed E-state index contributed by atoms with van der Waals surface area (Å²) in [4.78, 5) is 7.71. The van der Waals surface area contributed by atoms with E-state index in [9.17, 15) is 0 Å². The van der Waals surface area contributed by atoms with Crippen LogP contribution in [-0.4, -0.2) is 19.1 Å². The van der Waals surface area contributed by atoms with Crippen molar-refractivity contribution in [3.05, 3.63) is 61.2 Å². The molecule has 0 spiro atoms. The van der Waals surface area contributed by atoms with Crippen molar-refractivity contribution in [2.24, 2.45) is 0 Å². The van der Waals surface area contributed by atoms with E-state index in [1.807, 2.05) is 20.2 Å². The molecule has 0 saturated carbocycles. The lowest BCUT2D eigenvalue weighted by atomic mass is 10.2. The van der Waals surface area contributed by atoms with Gasteiger partial charge in [-0.25, -0.2) is 4.98 Å². The van der Waals surface area contributed by atoms with Gasteiger partial charge < -0.3 is 4.90 Å². The zero-order valence-electron chi connectivity index (χ0n) is 12.1. The Morgan fingerprint density at radius 1 is 1.05 bits per heavy atom. The average Bonchev–Trinajstić information content (AvgIpc) is 2.92. The molecule has 0 aliphatic carbocycles. The molecule has 0 aliphatic rings. The van der Waals surface area contributed by atoms with Crippen LogP contribution in [0.5, 0.6) is 0 Å². The Balaban J connectivity index is 0.000000956. The van der Waals surface area contributed by atoms with Gasteiger partial charge >= 0.3 is 0 Å². The predicted molar refractivity (Wildman–Crippen MR) is 93.3 cm³/mol. The molecule has 1 heterocycles. The van der Waals surface area contributed by atoms with Gasteiger partial charge in [-0.3, -0.25) is 0 Å². The van der Waals surface area contributed by atoms with Gasteiger partial charge in [0.2, 0.25) is 0 Å². The zero-order valence-corrected chi connectivity index (χ0v) is 12.9. The number of hydrogen-bond donors (Lipinski definition) is 0. The monoisotopic (exact) mass is 284 g/mol. The summed E-state index contributed by atoms with van der Waals surface area (Å²) in [5, 5.41) is 1.00. The molecule has 0 atom stereocenters.